The third-order valence-corrected chi connectivity index (χ3v) is 5.12. The van der Waals surface area contributed by atoms with Gasteiger partial charge in [-0.3, -0.25) is 4.79 Å². The number of hydrogen-bond donors (Lipinski definition) is 1. The summed E-state index contributed by atoms with van der Waals surface area (Å²) in [5.41, 5.74) is 3.15. The van der Waals surface area contributed by atoms with E-state index in [2.05, 4.69) is 28.2 Å². The van der Waals surface area contributed by atoms with Crippen molar-refractivity contribution in [3.05, 3.63) is 29.3 Å². The second-order valence-corrected chi connectivity index (χ2v) is 7.38. The topological polar surface area (TPSA) is 35.6 Å². The highest BCUT2D eigenvalue weighted by Crippen LogP contribution is 2.16. The van der Waals surface area contributed by atoms with E-state index in [0.717, 1.165) is 47.3 Å². The molecular weight excluding hydrogens is 314 g/mol. The molecule has 0 aliphatic carbocycles. The van der Waals surface area contributed by atoms with Gasteiger partial charge in [0.2, 0.25) is 5.91 Å². The molecule has 0 bridgehead atoms. The number of thioether (sulfide) groups is 1. The second-order valence-electron chi connectivity index (χ2n) is 5.77. The number of carbonyl (C=O) groups is 1. The molecule has 1 saturated heterocycles. The molecule has 0 radical (unpaired) electrons. The molecule has 1 aromatic carbocycles. The molecule has 0 atom stereocenters. The number of nitrogens with zero attached hydrogens (tertiary/aromatic N) is 2. The fraction of sp³-hybridized carbons (Fsp3) is 0.500. The fourth-order valence-electron chi connectivity index (χ4n) is 2.45. The smallest absolute Gasteiger partial charge is 0.234 e. The van der Waals surface area contributed by atoms with Gasteiger partial charge in [0.15, 0.2) is 0 Å². The van der Waals surface area contributed by atoms with Crippen molar-refractivity contribution in [2.24, 2.45) is 0 Å². The van der Waals surface area contributed by atoms with Gasteiger partial charge in [0.25, 0.3) is 0 Å². The van der Waals surface area contributed by atoms with Crippen LogP contribution in [0.5, 0.6) is 0 Å². The Labute approximate surface area is 142 Å². The number of amides is 1. The standard InChI is InChI=1S/C16H23N3OS2/c1-12-8-13(2)10-14(9-12)17-15(20)11-22-16(21)19-6-4-18(3)5-7-19/h8-10H,4-7,11H2,1-3H3,(H,17,20). The van der Waals surface area contributed by atoms with E-state index in [1.54, 1.807) is 0 Å². The Morgan fingerprint density at radius 1 is 1.18 bits per heavy atom. The predicted octanol–water partition coefficient (Wildman–Crippen LogP) is 2.51. The molecule has 6 heteroatoms. The minimum Gasteiger partial charge on any atom is -0.355 e. The van der Waals surface area contributed by atoms with Crippen LogP contribution in [0.2, 0.25) is 0 Å². The van der Waals surface area contributed by atoms with Crippen LogP contribution < -0.4 is 5.32 Å². The van der Waals surface area contributed by atoms with Gasteiger partial charge in [0.05, 0.1) is 5.75 Å². The molecule has 1 heterocycles. The van der Waals surface area contributed by atoms with Crippen LogP contribution in [0.4, 0.5) is 5.69 Å². The summed E-state index contributed by atoms with van der Waals surface area (Å²) in [5, 5.41) is 2.94. The minimum atomic E-state index is -0.00789. The van der Waals surface area contributed by atoms with Gasteiger partial charge in [0.1, 0.15) is 4.32 Å². The van der Waals surface area contributed by atoms with Crippen molar-refractivity contribution in [3.8, 4) is 0 Å². The van der Waals surface area contributed by atoms with Crippen molar-refractivity contribution in [2.75, 3.05) is 44.3 Å². The number of carbonyl (C=O) groups excluding carboxylic acids is 1. The molecule has 2 rings (SSSR count). The zero-order valence-corrected chi connectivity index (χ0v) is 15.0. The molecule has 0 unspecified atom stereocenters. The summed E-state index contributed by atoms with van der Waals surface area (Å²) in [6.45, 7) is 7.99. The number of piperazine rings is 1. The molecular formula is C16H23N3OS2. The van der Waals surface area contributed by atoms with Crippen molar-refractivity contribution in [1.82, 2.24) is 9.80 Å². The van der Waals surface area contributed by atoms with Gasteiger partial charge in [0, 0.05) is 31.9 Å². The largest absolute Gasteiger partial charge is 0.355 e. The Hall–Kier alpha value is -1.11. The zero-order valence-electron chi connectivity index (χ0n) is 13.4. The van der Waals surface area contributed by atoms with Gasteiger partial charge < -0.3 is 15.1 Å². The first-order valence-corrected chi connectivity index (χ1v) is 8.82. The van der Waals surface area contributed by atoms with Crippen molar-refractivity contribution in [3.63, 3.8) is 0 Å². The monoisotopic (exact) mass is 337 g/mol. The van der Waals surface area contributed by atoms with Crippen molar-refractivity contribution < 1.29 is 4.79 Å². The van der Waals surface area contributed by atoms with E-state index in [9.17, 15) is 4.79 Å². The number of rotatable bonds is 3. The normalized spacial score (nSPS) is 15.7. The number of likely N-dealkylation sites (N-methyl/N-ethyl adjacent to an activating group) is 1. The first-order valence-electron chi connectivity index (χ1n) is 7.42. The number of anilines is 1. The lowest BCUT2D eigenvalue weighted by molar-refractivity contribution is -0.113. The van der Waals surface area contributed by atoms with E-state index in [0.29, 0.717) is 5.75 Å². The maximum Gasteiger partial charge on any atom is 0.234 e. The zero-order chi connectivity index (χ0) is 16.1. The molecule has 1 aliphatic rings. The molecule has 1 aliphatic heterocycles. The Balaban J connectivity index is 1.78. The van der Waals surface area contributed by atoms with Crippen LogP contribution in [0, 0.1) is 13.8 Å². The van der Waals surface area contributed by atoms with Gasteiger partial charge in [-0.15, -0.1) is 0 Å². The van der Waals surface area contributed by atoms with Gasteiger partial charge in [-0.05, 0) is 44.2 Å². The highest BCUT2D eigenvalue weighted by atomic mass is 32.2. The third kappa shape index (κ3) is 5.26. The predicted molar refractivity (Wildman–Crippen MR) is 98.7 cm³/mol. The fourth-order valence-corrected chi connectivity index (χ4v) is 3.50. The van der Waals surface area contributed by atoms with E-state index in [4.69, 9.17) is 12.2 Å². The van der Waals surface area contributed by atoms with Crippen LogP contribution in [0.15, 0.2) is 18.2 Å². The van der Waals surface area contributed by atoms with Crippen molar-refractivity contribution in [1.29, 1.82) is 0 Å². The third-order valence-electron chi connectivity index (χ3n) is 3.59. The number of nitrogens with one attached hydrogen (secondary N) is 1. The van der Waals surface area contributed by atoms with Crippen LogP contribution in [-0.2, 0) is 4.79 Å². The molecule has 0 saturated carbocycles. The highest BCUT2D eigenvalue weighted by Gasteiger charge is 2.17. The van der Waals surface area contributed by atoms with Crippen molar-refractivity contribution in [2.45, 2.75) is 13.8 Å². The lowest BCUT2D eigenvalue weighted by Gasteiger charge is -2.33. The summed E-state index contributed by atoms with van der Waals surface area (Å²) in [5.74, 6) is 0.351. The Kier molecular flexibility index (Phi) is 6.23. The summed E-state index contributed by atoms with van der Waals surface area (Å²) >= 11 is 6.87. The molecule has 1 amide bonds. The number of aryl methyl sites for hydroxylation is 2. The summed E-state index contributed by atoms with van der Waals surface area (Å²) in [4.78, 5) is 16.5. The Morgan fingerprint density at radius 3 is 2.36 bits per heavy atom. The Bertz CT molecular complexity index is 534. The Morgan fingerprint density at radius 2 is 1.77 bits per heavy atom. The number of benzene rings is 1. The average molecular weight is 338 g/mol. The average Bonchev–Trinajstić information content (AvgIpc) is 2.44. The van der Waals surface area contributed by atoms with Gasteiger partial charge in [-0.1, -0.05) is 30.0 Å². The lowest BCUT2D eigenvalue weighted by Crippen LogP contribution is -2.46. The van der Waals surface area contributed by atoms with E-state index >= 15 is 0 Å². The molecule has 120 valence electrons. The summed E-state index contributed by atoms with van der Waals surface area (Å²) < 4.78 is 0.823. The maximum atomic E-state index is 12.1. The second kappa shape index (κ2) is 7.94. The van der Waals surface area contributed by atoms with Crippen LogP contribution in [0.1, 0.15) is 11.1 Å². The van der Waals surface area contributed by atoms with Crippen molar-refractivity contribution >= 4 is 39.9 Å². The molecule has 0 aromatic heterocycles. The van der Waals surface area contributed by atoms with E-state index in [-0.39, 0.29) is 5.91 Å². The molecule has 22 heavy (non-hydrogen) atoms. The van der Waals surface area contributed by atoms with Crippen LogP contribution >= 0.6 is 24.0 Å². The van der Waals surface area contributed by atoms with E-state index in [1.165, 1.54) is 11.8 Å². The first kappa shape index (κ1) is 17.2. The molecule has 0 spiro atoms. The van der Waals surface area contributed by atoms with E-state index in [1.807, 2.05) is 26.0 Å². The summed E-state index contributed by atoms with van der Waals surface area (Å²) in [6, 6.07) is 6.05. The van der Waals surface area contributed by atoms with E-state index < -0.39 is 0 Å². The van der Waals surface area contributed by atoms with Crippen LogP contribution in [0.3, 0.4) is 0 Å². The molecule has 4 nitrogen and oxygen atoms in total. The van der Waals surface area contributed by atoms with Crippen LogP contribution in [-0.4, -0.2) is 59.0 Å². The summed E-state index contributed by atoms with van der Waals surface area (Å²) in [6.07, 6.45) is 0. The molecule has 1 aromatic rings. The van der Waals surface area contributed by atoms with Crippen LogP contribution in [0.25, 0.3) is 0 Å². The SMILES string of the molecule is Cc1cc(C)cc(NC(=O)CSC(=S)N2CCN(C)CC2)c1. The quantitative estimate of drug-likeness (QED) is 0.858. The summed E-state index contributed by atoms with van der Waals surface area (Å²) in [7, 11) is 2.12. The lowest BCUT2D eigenvalue weighted by atomic mass is 10.1. The first-order chi connectivity index (χ1) is 10.4. The van der Waals surface area contributed by atoms with Gasteiger partial charge in [-0.25, -0.2) is 0 Å². The minimum absolute atomic E-state index is 0.00789. The van der Waals surface area contributed by atoms with Gasteiger partial charge in [-0.2, -0.15) is 0 Å². The number of thiocarbonyl (C=S) groups is 1. The highest BCUT2D eigenvalue weighted by molar-refractivity contribution is 8.23. The molecule has 1 N–H and O–H groups in total. The maximum absolute atomic E-state index is 12.1. The number of hydrogen-bond acceptors (Lipinski definition) is 4. The van der Waals surface area contributed by atoms with Gasteiger partial charge >= 0.3 is 0 Å². The molecule has 1 fully saturated rings.